The molecule has 3 aromatic heterocycles. The summed E-state index contributed by atoms with van der Waals surface area (Å²) in [5, 5.41) is 9.07. The fourth-order valence-electron chi connectivity index (χ4n) is 1.80. The number of imidazole rings is 1. The smallest absolute Gasteiger partial charge is 0.156 e. The van der Waals surface area contributed by atoms with E-state index in [2.05, 4.69) is 4.98 Å². The van der Waals surface area contributed by atoms with Crippen LogP contribution in [0.3, 0.4) is 0 Å². The zero-order chi connectivity index (χ0) is 11.8. The lowest BCUT2D eigenvalue weighted by Crippen LogP contribution is -1.94. The molecule has 3 heterocycles. The maximum atomic E-state index is 9.07. The van der Waals surface area contributed by atoms with Crippen molar-refractivity contribution < 1.29 is 9.52 Å². The lowest BCUT2D eigenvalue weighted by molar-refractivity contribution is 0.282. The number of nitrogens with zero attached hydrogens (tertiary/aromatic N) is 2. The highest BCUT2D eigenvalue weighted by molar-refractivity contribution is 5.71. The molecule has 0 aromatic carbocycles. The van der Waals surface area contributed by atoms with Gasteiger partial charge in [-0.25, -0.2) is 4.98 Å². The maximum Gasteiger partial charge on any atom is 0.156 e. The number of fused-ring (bicyclic) bond motifs is 1. The number of aliphatic hydroxyl groups excluding tert-OH is 1. The quantitative estimate of drug-likeness (QED) is 0.700. The second-order valence-corrected chi connectivity index (χ2v) is 3.74. The topological polar surface area (TPSA) is 76.7 Å². The van der Waals surface area contributed by atoms with E-state index in [1.807, 2.05) is 6.07 Å². The molecule has 0 bridgehead atoms. The van der Waals surface area contributed by atoms with Crippen molar-refractivity contribution in [2.45, 2.75) is 6.61 Å². The number of nitrogens with two attached hydrogens (primary N) is 1. The average Bonchev–Trinajstić information content (AvgIpc) is 2.97. The summed E-state index contributed by atoms with van der Waals surface area (Å²) in [7, 11) is 0. The van der Waals surface area contributed by atoms with E-state index in [0.717, 1.165) is 5.56 Å². The highest BCUT2D eigenvalue weighted by Gasteiger charge is 2.13. The normalized spacial score (nSPS) is 11.1. The first-order valence-corrected chi connectivity index (χ1v) is 5.21. The van der Waals surface area contributed by atoms with Gasteiger partial charge in [-0.1, -0.05) is 0 Å². The van der Waals surface area contributed by atoms with E-state index in [-0.39, 0.29) is 6.61 Å². The van der Waals surface area contributed by atoms with Crippen LogP contribution in [0.2, 0.25) is 0 Å². The minimum Gasteiger partial charge on any atom is -0.463 e. The van der Waals surface area contributed by atoms with Gasteiger partial charge < -0.3 is 15.3 Å². The van der Waals surface area contributed by atoms with E-state index in [0.29, 0.717) is 22.9 Å². The summed E-state index contributed by atoms with van der Waals surface area (Å²) in [6.45, 7) is -0.0145. The molecule has 0 radical (unpaired) electrons. The predicted octanol–water partition coefficient (Wildman–Crippen LogP) is 1.67. The highest BCUT2D eigenvalue weighted by atomic mass is 16.3. The molecule has 0 saturated carbocycles. The summed E-state index contributed by atoms with van der Waals surface area (Å²) < 4.78 is 7.04. The molecule has 0 saturated heterocycles. The van der Waals surface area contributed by atoms with Gasteiger partial charge in [0.05, 0.1) is 12.9 Å². The Morgan fingerprint density at radius 3 is 3.00 bits per heavy atom. The van der Waals surface area contributed by atoms with Gasteiger partial charge in [0.2, 0.25) is 0 Å². The van der Waals surface area contributed by atoms with Gasteiger partial charge in [-0.3, -0.25) is 4.40 Å². The summed E-state index contributed by atoms with van der Waals surface area (Å²) in [6, 6.07) is 7.20. The third-order valence-corrected chi connectivity index (χ3v) is 2.66. The number of furan rings is 1. The first kappa shape index (κ1) is 9.92. The van der Waals surface area contributed by atoms with E-state index in [4.69, 9.17) is 15.3 Å². The van der Waals surface area contributed by atoms with E-state index in [1.54, 1.807) is 35.1 Å². The van der Waals surface area contributed by atoms with Crippen LogP contribution in [0.5, 0.6) is 0 Å². The second-order valence-electron chi connectivity index (χ2n) is 3.74. The van der Waals surface area contributed by atoms with Crippen molar-refractivity contribution in [3.05, 3.63) is 42.3 Å². The lowest BCUT2D eigenvalue weighted by Gasteiger charge is -1.98. The van der Waals surface area contributed by atoms with Gasteiger partial charge in [-0.15, -0.1) is 0 Å². The van der Waals surface area contributed by atoms with Crippen LogP contribution < -0.4 is 5.73 Å². The third kappa shape index (κ3) is 1.48. The Morgan fingerprint density at radius 1 is 1.41 bits per heavy atom. The van der Waals surface area contributed by atoms with Gasteiger partial charge in [0, 0.05) is 6.20 Å². The fourth-order valence-corrected chi connectivity index (χ4v) is 1.80. The van der Waals surface area contributed by atoms with Gasteiger partial charge in [0.15, 0.2) is 5.76 Å². The second kappa shape index (κ2) is 3.64. The van der Waals surface area contributed by atoms with E-state index in [1.165, 1.54) is 0 Å². The lowest BCUT2D eigenvalue weighted by atomic mass is 10.3. The Kier molecular flexibility index (Phi) is 2.12. The number of aromatic nitrogens is 2. The third-order valence-electron chi connectivity index (χ3n) is 2.66. The molecule has 5 nitrogen and oxygen atoms in total. The van der Waals surface area contributed by atoms with E-state index < -0.39 is 0 Å². The zero-order valence-corrected chi connectivity index (χ0v) is 9.00. The zero-order valence-electron chi connectivity index (χ0n) is 9.00. The van der Waals surface area contributed by atoms with Crippen LogP contribution in [0, 0.1) is 0 Å². The number of aliphatic hydroxyl groups is 1. The molecule has 3 N–H and O–H groups in total. The molecule has 3 rings (SSSR count). The number of nitrogen functional groups attached to an aromatic ring is 1. The van der Waals surface area contributed by atoms with Gasteiger partial charge >= 0.3 is 0 Å². The Hall–Kier alpha value is -2.27. The summed E-state index contributed by atoms with van der Waals surface area (Å²) in [5.41, 5.74) is 8.11. The van der Waals surface area contributed by atoms with Crippen LogP contribution in [0.25, 0.3) is 17.1 Å². The Labute approximate surface area is 97.1 Å². The van der Waals surface area contributed by atoms with Crippen LogP contribution in [0.15, 0.2) is 41.1 Å². The molecular weight excluding hydrogens is 218 g/mol. The van der Waals surface area contributed by atoms with Crippen LogP contribution in [-0.4, -0.2) is 14.5 Å². The Bertz CT molecular complexity index is 656. The molecule has 0 spiro atoms. The first-order chi connectivity index (χ1) is 8.29. The van der Waals surface area contributed by atoms with Crippen molar-refractivity contribution in [3.8, 4) is 11.5 Å². The van der Waals surface area contributed by atoms with Crippen molar-refractivity contribution in [1.29, 1.82) is 0 Å². The summed E-state index contributed by atoms with van der Waals surface area (Å²) in [6.07, 6.45) is 3.37. The minimum atomic E-state index is -0.0145. The molecular formula is C12H11N3O2. The predicted molar refractivity (Wildman–Crippen MR) is 63.2 cm³/mol. The Balaban J connectivity index is 2.24. The molecule has 0 atom stereocenters. The van der Waals surface area contributed by atoms with E-state index >= 15 is 0 Å². The van der Waals surface area contributed by atoms with Gasteiger partial charge in [0.25, 0.3) is 0 Å². The van der Waals surface area contributed by atoms with Crippen LogP contribution in [-0.2, 0) is 6.61 Å². The van der Waals surface area contributed by atoms with Crippen molar-refractivity contribution in [1.82, 2.24) is 9.38 Å². The standard InChI is InChI=1S/C12H11N3O2/c13-12-11(9-2-1-5-17-9)14-10-6-8(7-16)3-4-15(10)12/h1-6,16H,7,13H2. The summed E-state index contributed by atoms with van der Waals surface area (Å²) >= 11 is 0. The van der Waals surface area contributed by atoms with Crippen LogP contribution in [0.1, 0.15) is 5.56 Å². The first-order valence-electron chi connectivity index (χ1n) is 5.21. The number of rotatable bonds is 2. The molecule has 17 heavy (non-hydrogen) atoms. The molecule has 0 aliphatic carbocycles. The van der Waals surface area contributed by atoms with Crippen molar-refractivity contribution in [3.63, 3.8) is 0 Å². The molecule has 0 amide bonds. The molecule has 3 aromatic rings. The van der Waals surface area contributed by atoms with Gasteiger partial charge in [-0.05, 0) is 29.8 Å². The van der Waals surface area contributed by atoms with Crippen LogP contribution in [0.4, 0.5) is 5.82 Å². The summed E-state index contributed by atoms with van der Waals surface area (Å²) in [4.78, 5) is 4.40. The molecule has 0 unspecified atom stereocenters. The minimum absolute atomic E-state index is 0.0145. The SMILES string of the molecule is Nc1c(-c2ccco2)nc2cc(CO)ccn12. The highest BCUT2D eigenvalue weighted by Crippen LogP contribution is 2.26. The number of hydrogen-bond donors (Lipinski definition) is 2. The average molecular weight is 229 g/mol. The maximum absolute atomic E-state index is 9.07. The molecule has 0 aliphatic heterocycles. The van der Waals surface area contributed by atoms with Crippen molar-refractivity contribution in [2.75, 3.05) is 5.73 Å². The molecule has 86 valence electrons. The molecule has 5 heteroatoms. The van der Waals surface area contributed by atoms with Gasteiger partial charge in [-0.2, -0.15) is 0 Å². The largest absolute Gasteiger partial charge is 0.463 e. The van der Waals surface area contributed by atoms with Crippen LogP contribution >= 0.6 is 0 Å². The number of pyridine rings is 1. The molecule has 0 aliphatic rings. The number of anilines is 1. The molecule has 0 fully saturated rings. The fraction of sp³-hybridized carbons (Fsp3) is 0.0833. The van der Waals surface area contributed by atoms with E-state index in [9.17, 15) is 0 Å². The van der Waals surface area contributed by atoms with Gasteiger partial charge in [0.1, 0.15) is 17.2 Å². The monoisotopic (exact) mass is 229 g/mol. The summed E-state index contributed by atoms with van der Waals surface area (Å²) in [5.74, 6) is 1.16. The number of hydrogen-bond acceptors (Lipinski definition) is 4. The Morgan fingerprint density at radius 2 is 2.29 bits per heavy atom. The van der Waals surface area contributed by atoms with Crippen molar-refractivity contribution >= 4 is 11.5 Å². The van der Waals surface area contributed by atoms with Crippen molar-refractivity contribution in [2.24, 2.45) is 0 Å².